The van der Waals surface area contributed by atoms with E-state index in [1.807, 2.05) is 24.3 Å². The Kier molecular flexibility index (Phi) is 4.80. The highest BCUT2D eigenvalue weighted by molar-refractivity contribution is 6.30. The minimum absolute atomic E-state index is 0.00927. The number of likely N-dealkylation sites (tertiary alicyclic amines) is 1. The SMILES string of the molecule is Clc1cccc(-c2noc(CN3CCC(C4OCCO4)CC3)n2)c1. The van der Waals surface area contributed by atoms with Crippen molar-refractivity contribution in [1.82, 2.24) is 15.0 Å². The first-order valence-electron chi connectivity index (χ1n) is 8.32. The molecule has 0 atom stereocenters. The molecule has 0 radical (unpaired) electrons. The Hall–Kier alpha value is -1.47. The Morgan fingerprint density at radius 3 is 2.71 bits per heavy atom. The summed E-state index contributed by atoms with van der Waals surface area (Å²) in [6, 6.07) is 7.47. The van der Waals surface area contributed by atoms with Crippen LogP contribution in [0.4, 0.5) is 0 Å². The lowest BCUT2D eigenvalue weighted by molar-refractivity contribution is -0.0981. The van der Waals surface area contributed by atoms with E-state index in [2.05, 4.69) is 15.0 Å². The van der Waals surface area contributed by atoms with Crippen molar-refractivity contribution in [2.75, 3.05) is 26.3 Å². The molecule has 2 aliphatic rings. The second-order valence-corrected chi connectivity index (χ2v) is 6.68. The van der Waals surface area contributed by atoms with Gasteiger partial charge >= 0.3 is 0 Å². The molecule has 0 bridgehead atoms. The van der Waals surface area contributed by atoms with Crippen LogP contribution < -0.4 is 0 Å². The molecule has 1 aromatic carbocycles. The summed E-state index contributed by atoms with van der Waals surface area (Å²) in [6.07, 6.45) is 2.13. The zero-order valence-corrected chi connectivity index (χ0v) is 14.1. The van der Waals surface area contributed by atoms with E-state index in [1.54, 1.807) is 0 Å². The van der Waals surface area contributed by atoms with E-state index in [4.69, 9.17) is 25.6 Å². The maximum absolute atomic E-state index is 6.01. The Morgan fingerprint density at radius 2 is 1.96 bits per heavy atom. The zero-order chi connectivity index (χ0) is 16.4. The lowest BCUT2D eigenvalue weighted by atomic mass is 9.96. The highest BCUT2D eigenvalue weighted by Gasteiger charge is 2.30. The molecule has 128 valence electrons. The molecule has 2 aromatic rings. The minimum atomic E-state index is -0.00927. The van der Waals surface area contributed by atoms with Gasteiger partial charge < -0.3 is 14.0 Å². The van der Waals surface area contributed by atoms with E-state index < -0.39 is 0 Å². The molecule has 4 rings (SSSR count). The fourth-order valence-electron chi connectivity index (χ4n) is 3.29. The van der Waals surface area contributed by atoms with Crippen molar-refractivity contribution < 1.29 is 14.0 Å². The second kappa shape index (κ2) is 7.19. The third-order valence-corrected chi connectivity index (χ3v) is 4.81. The van der Waals surface area contributed by atoms with Crippen molar-refractivity contribution in [2.45, 2.75) is 25.7 Å². The average Bonchev–Trinajstić information content (AvgIpc) is 3.27. The maximum atomic E-state index is 6.01. The smallest absolute Gasteiger partial charge is 0.241 e. The van der Waals surface area contributed by atoms with Crippen molar-refractivity contribution in [2.24, 2.45) is 5.92 Å². The molecular formula is C17H20ClN3O3. The van der Waals surface area contributed by atoms with Crippen LogP contribution in [0.25, 0.3) is 11.4 Å². The Labute approximate surface area is 145 Å². The molecule has 0 aliphatic carbocycles. The molecular weight excluding hydrogens is 330 g/mol. The van der Waals surface area contributed by atoms with Gasteiger partial charge in [0.1, 0.15) is 0 Å². The van der Waals surface area contributed by atoms with Crippen LogP contribution in [0.2, 0.25) is 5.02 Å². The van der Waals surface area contributed by atoms with Gasteiger partial charge in [-0.05, 0) is 38.1 Å². The molecule has 3 heterocycles. The summed E-state index contributed by atoms with van der Waals surface area (Å²) in [5, 5.41) is 4.72. The Balaban J connectivity index is 1.33. The van der Waals surface area contributed by atoms with Crippen LogP contribution in [0.3, 0.4) is 0 Å². The quantitative estimate of drug-likeness (QED) is 0.845. The monoisotopic (exact) mass is 349 g/mol. The van der Waals surface area contributed by atoms with E-state index in [0.717, 1.165) is 44.7 Å². The number of aromatic nitrogens is 2. The van der Waals surface area contributed by atoms with Crippen LogP contribution in [0.1, 0.15) is 18.7 Å². The molecule has 24 heavy (non-hydrogen) atoms. The molecule has 0 N–H and O–H groups in total. The van der Waals surface area contributed by atoms with E-state index in [0.29, 0.717) is 29.2 Å². The summed E-state index contributed by atoms with van der Waals surface area (Å²) in [4.78, 5) is 6.82. The van der Waals surface area contributed by atoms with Gasteiger partial charge in [0.15, 0.2) is 6.29 Å². The molecule has 2 aliphatic heterocycles. The van der Waals surface area contributed by atoms with Crippen LogP contribution in [-0.4, -0.2) is 47.6 Å². The van der Waals surface area contributed by atoms with E-state index >= 15 is 0 Å². The summed E-state index contributed by atoms with van der Waals surface area (Å²) < 4.78 is 16.6. The number of halogens is 1. The maximum Gasteiger partial charge on any atom is 0.241 e. The van der Waals surface area contributed by atoms with Crippen molar-refractivity contribution in [3.05, 3.63) is 35.2 Å². The zero-order valence-electron chi connectivity index (χ0n) is 13.4. The first kappa shape index (κ1) is 16.0. The van der Waals surface area contributed by atoms with Crippen molar-refractivity contribution >= 4 is 11.6 Å². The highest BCUT2D eigenvalue weighted by Crippen LogP contribution is 2.27. The second-order valence-electron chi connectivity index (χ2n) is 6.25. The number of hydrogen-bond donors (Lipinski definition) is 0. The van der Waals surface area contributed by atoms with Gasteiger partial charge in [-0.2, -0.15) is 4.98 Å². The molecule has 0 saturated carbocycles. The fraction of sp³-hybridized carbons (Fsp3) is 0.529. The molecule has 7 heteroatoms. The van der Waals surface area contributed by atoms with Crippen LogP contribution in [0.15, 0.2) is 28.8 Å². The predicted molar refractivity (Wildman–Crippen MR) is 88.4 cm³/mol. The first-order valence-corrected chi connectivity index (χ1v) is 8.70. The number of nitrogens with zero attached hydrogens (tertiary/aromatic N) is 3. The van der Waals surface area contributed by atoms with Crippen molar-refractivity contribution in [3.63, 3.8) is 0 Å². The van der Waals surface area contributed by atoms with E-state index in [1.165, 1.54) is 0 Å². The number of piperidine rings is 1. The summed E-state index contributed by atoms with van der Waals surface area (Å²) in [5.41, 5.74) is 0.867. The van der Waals surface area contributed by atoms with Gasteiger partial charge in [0.2, 0.25) is 11.7 Å². The molecule has 0 spiro atoms. The van der Waals surface area contributed by atoms with E-state index in [9.17, 15) is 0 Å². The van der Waals surface area contributed by atoms with Crippen LogP contribution in [-0.2, 0) is 16.0 Å². The molecule has 2 fully saturated rings. The summed E-state index contributed by atoms with van der Waals surface area (Å²) in [5.74, 6) is 1.71. The first-order chi connectivity index (χ1) is 11.8. The van der Waals surface area contributed by atoms with Crippen molar-refractivity contribution in [1.29, 1.82) is 0 Å². The van der Waals surface area contributed by atoms with Gasteiger partial charge in [-0.25, -0.2) is 0 Å². The average molecular weight is 350 g/mol. The van der Waals surface area contributed by atoms with Crippen LogP contribution >= 0.6 is 11.6 Å². The normalized spacial score (nSPS) is 20.7. The van der Waals surface area contributed by atoms with Crippen molar-refractivity contribution in [3.8, 4) is 11.4 Å². The van der Waals surface area contributed by atoms with Gasteiger partial charge in [0.05, 0.1) is 19.8 Å². The van der Waals surface area contributed by atoms with Gasteiger partial charge in [-0.1, -0.05) is 28.9 Å². The lowest BCUT2D eigenvalue weighted by Crippen LogP contribution is -2.37. The topological polar surface area (TPSA) is 60.6 Å². The van der Waals surface area contributed by atoms with Gasteiger partial charge in [-0.15, -0.1) is 0 Å². The van der Waals surface area contributed by atoms with E-state index in [-0.39, 0.29) is 6.29 Å². The van der Waals surface area contributed by atoms with Gasteiger partial charge in [-0.3, -0.25) is 4.90 Å². The number of hydrogen-bond acceptors (Lipinski definition) is 6. The van der Waals surface area contributed by atoms with Crippen LogP contribution in [0, 0.1) is 5.92 Å². The van der Waals surface area contributed by atoms with Crippen LogP contribution in [0.5, 0.6) is 0 Å². The largest absolute Gasteiger partial charge is 0.350 e. The summed E-state index contributed by atoms with van der Waals surface area (Å²) in [6.45, 7) is 4.09. The number of benzene rings is 1. The molecule has 0 amide bonds. The molecule has 6 nitrogen and oxygen atoms in total. The minimum Gasteiger partial charge on any atom is -0.350 e. The molecule has 0 unspecified atom stereocenters. The molecule has 1 aromatic heterocycles. The summed E-state index contributed by atoms with van der Waals surface area (Å²) in [7, 11) is 0. The third-order valence-electron chi connectivity index (χ3n) is 4.57. The highest BCUT2D eigenvalue weighted by atomic mass is 35.5. The number of rotatable bonds is 4. The standard InChI is InChI=1S/C17H20ClN3O3/c18-14-3-1-2-13(10-14)16-19-15(24-20-16)11-21-6-4-12(5-7-21)17-22-8-9-23-17/h1-3,10,12,17H,4-9,11H2. The molecule has 2 saturated heterocycles. The predicted octanol–water partition coefficient (Wildman–Crippen LogP) is 2.97. The Morgan fingerprint density at radius 1 is 1.17 bits per heavy atom. The number of ether oxygens (including phenoxy) is 2. The summed E-state index contributed by atoms with van der Waals surface area (Å²) >= 11 is 6.01. The third kappa shape index (κ3) is 3.62. The van der Waals surface area contributed by atoms with Gasteiger partial charge in [0, 0.05) is 16.5 Å². The van der Waals surface area contributed by atoms with Gasteiger partial charge in [0.25, 0.3) is 0 Å². The lowest BCUT2D eigenvalue weighted by Gasteiger charge is -2.32. The fourth-order valence-corrected chi connectivity index (χ4v) is 3.48. The Bertz CT molecular complexity index is 679.